The van der Waals surface area contributed by atoms with E-state index >= 15 is 0 Å². The molecular weight excluding hydrogens is 325 g/mol. The quantitative estimate of drug-likeness (QED) is 0.710. The molecule has 0 heterocycles. The van der Waals surface area contributed by atoms with Crippen LogP contribution >= 0.6 is 0 Å². The van der Waals surface area contributed by atoms with Crippen molar-refractivity contribution < 1.29 is 34.9 Å². The van der Waals surface area contributed by atoms with Gasteiger partial charge >= 0.3 is 18.3 Å². The first-order chi connectivity index (χ1) is 9.59. The summed E-state index contributed by atoms with van der Waals surface area (Å²) in [6, 6.07) is 7.59. The Morgan fingerprint density at radius 1 is 1.14 bits per heavy atom. The van der Waals surface area contributed by atoms with Crippen molar-refractivity contribution in [1.29, 1.82) is 0 Å². The van der Waals surface area contributed by atoms with Crippen molar-refractivity contribution in [3.63, 3.8) is 0 Å². The summed E-state index contributed by atoms with van der Waals surface area (Å²) in [4.78, 5) is 0. The predicted octanol–water partition coefficient (Wildman–Crippen LogP) is 4.28. The lowest BCUT2D eigenvalue weighted by Gasteiger charge is -2.24. The molecule has 0 aliphatic rings. The van der Waals surface area contributed by atoms with Crippen LogP contribution in [-0.4, -0.2) is 22.5 Å². The lowest BCUT2D eigenvalue weighted by Crippen LogP contribution is -2.46. The Morgan fingerprint density at radius 2 is 1.67 bits per heavy atom. The molecule has 0 saturated carbocycles. The van der Waals surface area contributed by atoms with Crippen molar-refractivity contribution in [3.05, 3.63) is 47.1 Å². The van der Waals surface area contributed by atoms with E-state index in [9.17, 15) is 34.9 Å². The maximum atomic E-state index is 13.1. The van der Waals surface area contributed by atoms with Crippen molar-refractivity contribution in [2.45, 2.75) is 24.0 Å². The van der Waals surface area contributed by atoms with Crippen molar-refractivity contribution in [3.8, 4) is 0 Å². The average Bonchev–Trinajstić information content (AvgIpc) is 2.39. The van der Waals surface area contributed by atoms with Crippen LogP contribution in [0.3, 0.4) is 0 Å². The van der Waals surface area contributed by atoms with Gasteiger partial charge in [0.25, 0.3) is 0 Å². The summed E-state index contributed by atoms with van der Waals surface area (Å²) in [6.07, 6.45) is -4.76. The second kappa shape index (κ2) is 6.59. The summed E-state index contributed by atoms with van der Waals surface area (Å²) in [5.41, 5.74) is 0.379. The van der Waals surface area contributed by atoms with Crippen LogP contribution in [0.5, 0.6) is 0 Å². The Kier molecular flexibility index (Phi) is 5.54. The van der Waals surface area contributed by atoms with Gasteiger partial charge in [-0.25, -0.2) is 13.2 Å². The molecule has 1 nitrogen and oxygen atoms in total. The Labute approximate surface area is 117 Å². The van der Waals surface area contributed by atoms with Crippen LogP contribution in [0.4, 0.5) is 30.7 Å². The fourth-order valence-corrected chi connectivity index (χ4v) is 2.25. The fourth-order valence-electron chi connectivity index (χ4n) is 1.27. The molecule has 0 fully saturated rings. The maximum absolute atomic E-state index is 13.1. The van der Waals surface area contributed by atoms with E-state index in [1.807, 2.05) is 0 Å². The molecule has 0 aromatic heterocycles. The molecule has 0 N–H and O–H groups in total. The first-order valence-corrected chi connectivity index (χ1v) is 6.80. The first-order valence-electron chi connectivity index (χ1n) is 5.41. The maximum Gasteiger partial charge on any atom is 0.375 e. The molecule has 0 aliphatic heterocycles. The van der Waals surface area contributed by atoms with E-state index in [1.165, 1.54) is 24.3 Å². The largest absolute Gasteiger partial charge is 0.375 e. The van der Waals surface area contributed by atoms with E-state index in [-0.39, 0.29) is 5.41 Å². The van der Waals surface area contributed by atoms with Crippen molar-refractivity contribution in [2.75, 3.05) is 0 Å². The topological polar surface area (TPSA) is 17.1 Å². The molecular formula is C12H9F7OS. The fraction of sp³-hybridized carbons (Fsp3) is 0.333. The van der Waals surface area contributed by atoms with Gasteiger partial charge in [-0.15, -0.1) is 0 Å². The van der Waals surface area contributed by atoms with E-state index in [1.54, 1.807) is 6.07 Å². The molecule has 0 radical (unpaired) electrons. The number of halogens is 7. The summed E-state index contributed by atoms with van der Waals surface area (Å²) in [7, 11) is -2.39. The second-order valence-corrected chi connectivity index (χ2v) is 5.26. The number of hydrogen-bond acceptors (Lipinski definition) is 1. The monoisotopic (exact) mass is 334 g/mol. The SMILES string of the molecule is O=S(C=C(F)C(F)(F)C(F)(F)C(F)F)Cc1ccccc1. The number of allylic oxidation sites excluding steroid dienone is 1. The van der Waals surface area contributed by atoms with E-state index < -0.39 is 40.6 Å². The van der Waals surface area contributed by atoms with Crippen LogP contribution in [0.25, 0.3) is 0 Å². The number of hydrogen-bond donors (Lipinski definition) is 0. The zero-order valence-electron chi connectivity index (χ0n) is 10.2. The third-order valence-corrected chi connectivity index (χ3v) is 3.47. The van der Waals surface area contributed by atoms with Crippen LogP contribution in [0.1, 0.15) is 5.56 Å². The highest BCUT2D eigenvalue weighted by Gasteiger charge is 2.65. The Bertz CT molecular complexity index is 528. The highest BCUT2D eigenvalue weighted by molar-refractivity contribution is 7.87. The normalized spacial score (nSPS) is 15.3. The minimum Gasteiger partial charge on any atom is -0.255 e. The first kappa shape index (κ1) is 17.7. The van der Waals surface area contributed by atoms with Crippen LogP contribution in [0.15, 0.2) is 41.6 Å². The molecule has 0 amide bonds. The Morgan fingerprint density at radius 3 is 2.14 bits per heavy atom. The molecule has 1 unspecified atom stereocenters. The molecule has 1 aromatic rings. The van der Waals surface area contributed by atoms with Gasteiger partial charge in [-0.3, -0.25) is 4.21 Å². The van der Waals surface area contributed by atoms with Gasteiger partial charge in [0.05, 0.1) is 16.6 Å². The molecule has 0 spiro atoms. The highest BCUT2D eigenvalue weighted by Crippen LogP contribution is 2.44. The van der Waals surface area contributed by atoms with E-state index in [0.717, 1.165) is 0 Å². The van der Waals surface area contributed by atoms with E-state index in [2.05, 4.69) is 0 Å². The molecule has 1 atom stereocenters. The smallest absolute Gasteiger partial charge is 0.255 e. The van der Waals surface area contributed by atoms with E-state index in [0.29, 0.717) is 5.56 Å². The molecule has 1 rings (SSSR count). The third-order valence-electron chi connectivity index (χ3n) is 2.38. The predicted molar refractivity (Wildman–Crippen MR) is 63.4 cm³/mol. The van der Waals surface area contributed by atoms with Crippen LogP contribution in [-0.2, 0) is 16.6 Å². The van der Waals surface area contributed by atoms with Gasteiger partial charge in [0, 0.05) is 5.41 Å². The van der Waals surface area contributed by atoms with Crippen LogP contribution in [0, 0.1) is 0 Å². The van der Waals surface area contributed by atoms with Gasteiger partial charge in [0.1, 0.15) is 0 Å². The van der Waals surface area contributed by atoms with Crippen molar-refractivity contribution >= 4 is 10.8 Å². The number of alkyl halides is 6. The Balaban J connectivity index is 2.91. The van der Waals surface area contributed by atoms with Gasteiger partial charge in [0.15, 0.2) is 5.83 Å². The summed E-state index contributed by atoms with van der Waals surface area (Å²) < 4.78 is 99.2. The highest BCUT2D eigenvalue weighted by atomic mass is 32.2. The second-order valence-electron chi connectivity index (χ2n) is 3.97. The Hall–Kier alpha value is -1.38. The van der Waals surface area contributed by atoms with Gasteiger partial charge in [0.2, 0.25) is 0 Å². The van der Waals surface area contributed by atoms with Crippen LogP contribution in [0.2, 0.25) is 0 Å². The van der Waals surface area contributed by atoms with Crippen molar-refractivity contribution in [2.24, 2.45) is 0 Å². The summed E-state index contributed by atoms with van der Waals surface area (Å²) in [5, 5.41) is -0.275. The minimum atomic E-state index is -5.88. The number of rotatable bonds is 6. The summed E-state index contributed by atoms with van der Waals surface area (Å²) >= 11 is 0. The molecule has 0 bridgehead atoms. The lowest BCUT2D eigenvalue weighted by molar-refractivity contribution is -0.252. The molecule has 0 saturated heterocycles. The van der Waals surface area contributed by atoms with Gasteiger partial charge in [-0.2, -0.15) is 17.6 Å². The number of benzene rings is 1. The summed E-state index contributed by atoms with van der Waals surface area (Å²) in [5.74, 6) is -14.9. The van der Waals surface area contributed by atoms with Gasteiger partial charge in [-0.1, -0.05) is 30.3 Å². The lowest BCUT2D eigenvalue weighted by atomic mass is 10.1. The zero-order valence-corrected chi connectivity index (χ0v) is 11.0. The summed E-state index contributed by atoms with van der Waals surface area (Å²) in [6.45, 7) is 0. The zero-order chi connectivity index (χ0) is 16.3. The molecule has 21 heavy (non-hydrogen) atoms. The molecule has 118 valence electrons. The molecule has 1 aromatic carbocycles. The van der Waals surface area contributed by atoms with Gasteiger partial charge < -0.3 is 0 Å². The van der Waals surface area contributed by atoms with Crippen LogP contribution < -0.4 is 0 Å². The molecule has 0 aliphatic carbocycles. The third kappa shape index (κ3) is 4.05. The average molecular weight is 334 g/mol. The minimum absolute atomic E-state index is 0.275. The van der Waals surface area contributed by atoms with Crippen molar-refractivity contribution in [1.82, 2.24) is 0 Å². The standard InChI is InChI=1S/C12H9F7OS/c13-9(11(16,17)12(18,19)10(14)15)7-21(20)6-8-4-2-1-3-5-8/h1-5,7,10H,6H2. The van der Waals surface area contributed by atoms with Gasteiger partial charge in [-0.05, 0) is 5.56 Å². The molecule has 9 heteroatoms. The van der Waals surface area contributed by atoms with E-state index in [4.69, 9.17) is 0 Å².